The molecule has 0 bridgehead atoms. The number of ketones is 1. The molecule has 0 saturated carbocycles. The lowest BCUT2D eigenvalue weighted by Gasteiger charge is -2.15. The number of amides is 1. The molecule has 0 saturated heterocycles. The van der Waals surface area contributed by atoms with Crippen LogP contribution in [0.3, 0.4) is 0 Å². The quantitative estimate of drug-likeness (QED) is 0.706. The summed E-state index contributed by atoms with van der Waals surface area (Å²) in [7, 11) is 1.35. The van der Waals surface area contributed by atoms with E-state index in [1.54, 1.807) is 22.9 Å². The van der Waals surface area contributed by atoms with Crippen molar-refractivity contribution in [1.82, 2.24) is 4.57 Å². The fourth-order valence-electron chi connectivity index (χ4n) is 3.64. The van der Waals surface area contributed by atoms with E-state index in [1.165, 1.54) is 7.11 Å². The van der Waals surface area contributed by atoms with Crippen LogP contribution in [-0.4, -0.2) is 29.3 Å². The number of Topliss-reactive ketones (excluding diaryl/α,β-unsaturated/α-hetero) is 1. The molecule has 28 heavy (non-hydrogen) atoms. The molecule has 1 aliphatic rings. The Morgan fingerprint density at radius 3 is 2.82 bits per heavy atom. The average molecular weight is 376 g/mol. The molecule has 4 rings (SSSR count). The van der Waals surface area contributed by atoms with Crippen molar-refractivity contribution in [3.05, 3.63) is 65.4 Å². The van der Waals surface area contributed by atoms with E-state index >= 15 is 0 Å². The van der Waals surface area contributed by atoms with Gasteiger partial charge in [0.05, 0.1) is 18.3 Å². The molecule has 1 aliphatic carbocycles. The van der Waals surface area contributed by atoms with Crippen LogP contribution in [0.1, 0.15) is 39.1 Å². The van der Waals surface area contributed by atoms with Gasteiger partial charge in [-0.3, -0.25) is 14.4 Å². The highest BCUT2D eigenvalue weighted by Crippen LogP contribution is 2.26. The van der Waals surface area contributed by atoms with Crippen molar-refractivity contribution in [2.75, 3.05) is 12.4 Å². The molecule has 0 atom stereocenters. The smallest absolute Gasteiger partial charge is 0.325 e. The van der Waals surface area contributed by atoms with Crippen LogP contribution < -0.4 is 5.32 Å². The zero-order chi connectivity index (χ0) is 19.7. The van der Waals surface area contributed by atoms with E-state index in [2.05, 4.69) is 5.32 Å². The minimum absolute atomic E-state index is 0.0953. The lowest BCUT2D eigenvalue weighted by atomic mass is 9.89. The van der Waals surface area contributed by atoms with Crippen molar-refractivity contribution in [2.45, 2.75) is 25.8 Å². The first-order chi connectivity index (χ1) is 13.6. The molecule has 0 fully saturated rings. The number of anilines is 1. The fourth-order valence-corrected chi connectivity index (χ4v) is 3.64. The maximum Gasteiger partial charge on any atom is 0.325 e. The monoisotopic (exact) mass is 376 g/mol. The van der Waals surface area contributed by atoms with Crippen LogP contribution in [0.4, 0.5) is 5.69 Å². The second-order valence-corrected chi connectivity index (χ2v) is 6.86. The number of nitrogens with zero attached hydrogens (tertiary/aromatic N) is 1. The number of aromatic nitrogens is 1. The Labute approximate surface area is 162 Å². The zero-order valence-corrected chi connectivity index (χ0v) is 15.5. The minimum atomic E-state index is -0.342. The first kappa shape index (κ1) is 18.0. The average Bonchev–Trinajstić information content (AvgIpc) is 3.12. The SMILES string of the molecule is COC(=O)Cn1ccc2c(NC(=O)c3ccc4c(c3)C(=O)CCC4)cccc21. The molecule has 0 unspecified atom stereocenters. The van der Waals surface area contributed by atoms with E-state index in [4.69, 9.17) is 4.74 Å². The van der Waals surface area contributed by atoms with Gasteiger partial charge in [0.25, 0.3) is 5.91 Å². The van der Waals surface area contributed by atoms with Crippen LogP contribution >= 0.6 is 0 Å². The summed E-state index contributed by atoms with van der Waals surface area (Å²) in [5, 5.41) is 3.75. The van der Waals surface area contributed by atoms with E-state index in [0.29, 0.717) is 23.2 Å². The molecule has 1 aromatic heterocycles. The first-order valence-electron chi connectivity index (χ1n) is 9.19. The predicted molar refractivity (Wildman–Crippen MR) is 106 cm³/mol. The molecule has 0 aliphatic heterocycles. The van der Waals surface area contributed by atoms with Gasteiger partial charge in [0, 0.05) is 29.1 Å². The summed E-state index contributed by atoms with van der Waals surface area (Å²) in [6, 6.07) is 12.7. The van der Waals surface area contributed by atoms with Crippen molar-refractivity contribution in [3.8, 4) is 0 Å². The third-order valence-corrected chi connectivity index (χ3v) is 5.11. The van der Waals surface area contributed by atoms with Gasteiger partial charge in [-0.25, -0.2) is 0 Å². The Morgan fingerprint density at radius 1 is 1.14 bits per heavy atom. The summed E-state index contributed by atoms with van der Waals surface area (Å²) in [4.78, 5) is 36.5. The van der Waals surface area contributed by atoms with Crippen molar-refractivity contribution < 1.29 is 19.1 Å². The molecule has 6 heteroatoms. The number of carbonyl (C=O) groups excluding carboxylic acids is 3. The van der Waals surface area contributed by atoms with Gasteiger partial charge in [0.1, 0.15) is 6.54 Å². The zero-order valence-electron chi connectivity index (χ0n) is 15.5. The van der Waals surface area contributed by atoms with Crippen molar-refractivity contribution in [1.29, 1.82) is 0 Å². The molecule has 3 aromatic rings. The number of hydrogen-bond acceptors (Lipinski definition) is 4. The summed E-state index contributed by atoms with van der Waals surface area (Å²) in [5.41, 5.74) is 3.59. The number of ether oxygens (including phenoxy) is 1. The van der Waals surface area contributed by atoms with Crippen molar-refractivity contribution in [3.63, 3.8) is 0 Å². The van der Waals surface area contributed by atoms with Crippen LogP contribution in [0, 0.1) is 0 Å². The number of fused-ring (bicyclic) bond motifs is 2. The van der Waals surface area contributed by atoms with Gasteiger partial charge in [-0.15, -0.1) is 0 Å². The minimum Gasteiger partial charge on any atom is -0.468 e. The number of esters is 1. The topological polar surface area (TPSA) is 77.4 Å². The molecule has 1 amide bonds. The number of nitrogens with one attached hydrogen (secondary N) is 1. The maximum atomic E-state index is 12.8. The number of benzene rings is 2. The van der Waals surface area contributed by atoms with E-state index in [-0.39, 0.29) is 24.2 Å². The lowest BCUT2D eigenvalue weighted by molar-refractivity contribution is -0.141. The number of hydrogen-bond donors (Lipinski definition) is 1. The Kier molecular flexibility index (Phi) is 4.69. The Balaban J connectivity index is 1.61. The molecule has 1 N–H and O–H groups in total. The molecule has 6 nitrogen and oxygen atoms in total. The predicted octanol–water partition coefficient (Wildman–Crippen LogP) is 3.59. The van der Waals surface area contributed by atoms with Crippen LogP contribution in [0.5, 0.6) is 0 Å². The molecule has 142 valence electrons. The number of carbonyl (C=O) groups is 3. The van der Waals surface area contributed by atoms with Crippen LogP contribution in [0.15, 0.2) is 48.7 Å². The van der Waals surface area contributed by atoms with Gasteiger partial charge < -0.3 is 14.6 Å². The third kappa shape index (κ3) is 3.29. The molecular weight excluding hydrogens is 356 g/mol. The molecule has 1 heterocycles. The summed E-state index contributed by atoms with van der Waals surface area (Å²) >= 11 is 0. The summed E-state index contributed by atoms with van der Waals surface area (Å²) in [5.74, 6) is -0.516. The Morgan fingerprint density at radius 2 is 2.00 bits per heavy atom. The van der Waals surface area contributed by atoms with Gasteiger partial charge in [0.15, 0.2) is 5.78 Å². The van der Waals surface area contributed by atoms with Crippen molar-refractivity contribution >= 4 is 34.3 Å². The highest BCUT2D eigenvalue weighted by atomic mass is 16.5. The van der Waals surface area contributed by atoms with E-state index < -0.39 is 0 Å². The third-order valence-electron chi connectivity index (χ3n) is 5.11. The molecule has 2 aromatic carbocycles. The first-order valence-corrected chi connectivity index (χ1v) is 9.19. The maximum absolute atomic E-state index is 12.8. The van der Waals surface area contributed by atoms with Crippen LogP contribution in [0.25, 0.3) is 10.9 Å². The number of rotatable bonds is 4. The van der Waals surface area contributed by atoms with Crippen LogP contribution in [-0.2, 0) is 22.5 Å². The number of aryl methyl sites for hydroxylation is 1. The van der Waals surface area contributed by atoms with E-state index in [1.807, 2.05) is 30.3 Å². The standard InChI is InChI=1S/C22H20N2O4/c1-28-21(26)13-24-11-10-16-18(5-3-6-19(16)24)23-22(27)15-9-8-14-4-2-7-20(25)17(14)12-15/h3,5-6,8-12H,2,4,7,13H2,1H3,(H,23,27). The molecule has 0 spiro atoms. The lowest BCUT2D eigenvalue weighted by Crippen LogP contribution is -2.16. The van der Waals surface area contributed by atoms with Gasteiger partial charge in [-0.2, -0.15) is 0 Å². The van der Waals surface area contributed by atoms with Gasteiger partial charge in [-0.1, -0.05) is 12.1 Å². The van der Waals surface area contributed by atoms with Gasteiger partial charge in [-0.05, 0) is 48.7 Å². The van der Waals surface area contributed by atoms with Crippen molar-refractivity contribution in [2.24, 2.45) is 0 Å². The van der Waals surface area contributed by atoms with Gasteiger partial charge >= 0.3 is 5.97 Å². The molecule has 0 radical (unpaired) electrons. The van der Waals surface area contributed by atoms with E-state index in [9.17, 15) is 14.4 Å². The van der Waals surface area contributed by atoms with E-state index in [0.717, 1.165) is 29.3 Å². The second-order valence-electron chi connectivity index (χ2n) is 6.86. The Bertz CT molecular complexity index is 1100. The summed E-state index contributed by atoms with van der Waals surface area (Å²) in [6.45, 7) is 0.102. The number of methoxy groups -OCH3 is 1. The van der Waals surface area contributed by atoms with Gasteiger partial charge in [0.2, 0.25) is 0 Å². The summed E-state index contributed by atoms with van der Waals surface area (Å²) in [6.07, 6.45) is 4.05. The summed E-state index contributed by atoms with van der Waals surface area (Å²) < 4.78 is 6.49. The van der Waals surface area contributed by atoms with Crippen LogP contribution in [0.2, 0.25) is 0 Å². The largest absolute Gasteiger partial charge is 0.468 e. The highest BCUT2D eigenvalue weighted by molar-refractivity contribution is 6.10. The second kappa shape index (κ2) is 7.31. The molecular formula is C22H20N2O4. The fraction of sp³-hybridized carbons (Fsp3) is 0.227. The highest BCUT2D eigenvalue weighted by Gasteiger charge is 2.19. The normalized spacial score (nSPS) is 13.2. The Hall–Kier alpha value is -3.41.